The molecule has 0 saturated carbocycles. The summed E-state index contributed by atoms with van der Waals surface area (Å²) in [6, 6.07) is 3.48. The summed E-state index contributed by atoms with van der Waals surface area (Å²) in [5, 5.41) is 3.18. The number of halogens is 1. The highest BCUT2D eigenvalue weighted by molar-refractivity contribution is 7.79. The number of imidazole rings is 1. The summed E-state index contributed by atoms with van der Waals surface area (Å²) < 4.78 is 39.9. The van der Waals surface area contributed by atoms with Crippen LogP contribution in [0.5, 0.6) is 5.88 Å². The van der Waals surface area contributed by atoms with Crippen LogP contribution in [0, 0.1) is 12.7 Å². The molecule has 1 saturated heterocycles. The maximum Gasteiger partial charge on any atom is 0.250 e. The van der Waals surface area contributed by atoms with Gasteiger partial charge in [0.1, 0.15) is 28.7 Å². The molecule has 39 heavy (non-hydrogen) atoms. The van der Waals surface area contributed by atoms with Gasteiger partial charge in [-0.1, -0.05) is 0 Å². The van der Waals surface area contributed by atoms with Gasteiger partial charge >= 0.3 is 0 Å². The Balaban J connectivity index is 1.53. The van der Waals surface area contributed by atoms with Crippen LogP contribution in [-0.4, -0.2) is 87.1 Å². The largest absolute Gasteiger partial charge is 0.479 e. The molecular formula is C25H30FN9O3S. The minimum absolute atomic E-state index is 0.00219. The Labute approximate surface area is 227 Å². The lowest BCUT2D eigenvalue weighted by Crippen LogP contribution is -2.53. The van der Waals surface area contributed by atoms with Crippen molar-refractivity contribution in [3.63, 3.8) is 0 Å². The van der Waals surface area contributed by atoms with Crippen LogP contribution in [0.25, 0.3) is 22.4 Å². The van der Waals surface area contributed by atoms with E-state index in [0.717, 1.165) is 12.1 Å². The monoisotopic (exact) mass is 555 g/mol. The second-order valence-corrected chi connectivity index (χ2v) is 10.4. The number of nitrogens with one attached hydrogen (secondary N) is 2. The Bertz CT molecular complexity index is 1520. The number of ether oxygens (including phenoxy) is 1. The second kappa shape index (κ2) is 11.3. The van der Waals surface area contributed by atoms with E-state index in [1.807, 2.05) is 11.0 Å². The first-order valence-electron chi connectivity index (χ1n) is 12.4. The molecule has 5 heterocycles. The molecule has 3 atom stereocenters. The molecule has 1 fully saturated rings. The highest BCUT2D eigenvalue weighted by Crippen LogP contribution is 2.35. The van der Waals surface area contributed by atoms with Crippen LogP contribution < -0.4 is 10.1 Å². The number of rotatable bonds is 8. The molecule has 0 amide bonds. The van der Waals surface area contributed by atoms with Gasteiger partial charge in [0.15, 0.2) is 22.5 Å². The molecular weight excluding hydrogens is 525 g/mol. The number of fused-ring (bicyclic) bond motifs is 1. The molecule has 0 aromatic carbocycles. The van der Waals surface area contributed by atoms with E-state index in [1.165, 1.54) is 19.4 Å². The number of methoxy groups -OCH3 is 1. The summed E-state index contributed by atoms with van der Waals surface area (Å²) in [5.41, 5.74) is 3.87. The molecule has 0 aliphatic carbocycles. The third kappa shape index (κ3) is 5.73. The van der Waals surface area contributed by atoms with Gasteiger partial charge in [0.25, 0.3) is 0 Å². The Kier molecular flexibility index (Phi) is 7.79. The van der Waals surface area contributed by atoms with Crippen molar-refractivity contribution in [2.24, 2.45) is 0 Å². The molecule has 1 aliphatic heterocycles. The standard InChI is InChI=1S/C25H30FN9O3S/c1-14-11-34(13-39(36)37)5-6-35(14)15(2)17-7-19(21-22-24(30-12-29-22)32-16(3)31-21)23(27-9-17)33-18-8-20(26)25(38-4)28-10-18/h7-10,12,14-15H,5-6,11,13H2,1-4H3,(H,27,33)(H,36,37)(H,29,30,31,32)/t14-,15-/m0/s1. The van der Waals surface area contributed by atoms with E-state index in [9.17, 15) is 13.2 Å². The number of hydrogen-bond donors (Lipinski definition) is 3. The van der Waals surface area contributed by atoms with Crippen LogP contribution in [0.3, 0.4) is 0 Å². The fourth-order valence-electron chi connectivity index (χ4n) is 4.99. The van der Waals surface area contributed by atoms with Crippen molar-refractivity contribution in [2.45, 2.75) is 32.9 Å². The number of aromatic amines is 1. The Morgan fingerprint density at radius 3 is 2.79 bits per heavy atom. The van der Waals surface area contributed by atoms with Crippen LogP contribution in [0.15, 0.2) is 30.9 Å². The molecule has 0 bridgehead atoms. The van der Waals surface area contributed by atoms with Gasteiger partial charge in [0.2, 0.25) is 5.88 Å². The lowest BCUT2D eigenvalue weighted by molar-refractivity contribution is 0.0631. The van der Waals surface area contributed by atoms with E-state index >= 15 is 0 Å². The molecule has 4 aromatic rings. The van der Waals surface area contributed by atoms with Crippen molar-refractivity contribution in [3.8, 4) is 17.1 Å². The van der Waals surface area contributed by atoms with Crippen molar-refractivity contribution in [3.05, 3.63) is 48.1 Å². The third-order valence-corrected chi connectivity index (χ3v) is 7.45. The number of nitrogens with zero attached hydrogens (tertiary/aromatic N) is 7. The maximum absolute atomic E-state index is 14.4. The number of anilines is 2. The van der Waals surface area contributed by atoms with E-state index in [2.05, 4.69) is 44.0 Å². The van der Waals surface area contributed by atoms with Crippen LogP contribution in [-0.2, 0) is 11.1 Å². The molecule has 3 N–H and O–H groups in total. The van der Waals surface area contributed by atoms with Crippen molar-refractivity contribution >= 4 is 33.7 Å². The van der Waals surface area contributed by atoms with E-state index in [-0.39, 0.29) is 23.8 Å². The molecule has 0 radical (unpaired) electrons. The lowest BCUT2D eigenvalue weighted by Gasteiger charge is -2.42. The zero-order valence-corrected chi connectivity index (χ0v) is 22.9. The van der Waals surface area contributed by atoms with Crippen LogP contribution in [0.4, 0.5) is 15.9 Å². The summed E-state index contributed by atoms with van der Waals surface area (Å²) in [4.78, 5) is 29.7. The Morgan fingerprint density at radius 2 is 2.08 bits per heavy atom. The van der Waals surface area contributed by atoms with Gasteiger partial charge in [-0.25, -0.2) is 33.5 Å². The van der Waals surface area contributed by atoms with E-state index in [0.29, 0.717) is 52.8 Å². The predicted octanol–water partition coefficient (Wildman–Crippen LogP) is 3.26. The maximum atomic E-state index is 14.4. The van der Waals surface area contributed by atoms with Gasteiger partial charge in [0, 0.05) is 49.5 Å². The quantitative estimate of drug-likeness (QED) is 0.275. The van der Waals surface area contributed by atoms with Gasteiger partial charge in [-0.3, -0.25) is 9.80 Å². The van der Waals surface area contributed by atoms with E-state index < -0.39 is 16.9 Å². The molecule has 4 aromatic heterocycles. The summed E-state index contributed by atoms with van der Waals surface area (Å²) in [7, 11) is 1.36. The third-order valence-electron chi connectivity index (χ3n) is 6.86. The van der Waals surface area contributed by atoms with Gasteiger partial charge in [0.05, 0.1) is 25.3 Å². The number of aryl methyl sites for hydroxylation is 1. The first kappa shape index (κ1) is 27.0. The average molecular weight is 556 g/mol. The van der Waals surface area contributed by atoms with Crippen molar-refractivity contribution < 1.29 is 17.9 Å². The highest BCUT2D eigenvalue weighted by atomic mass is 32.2. The summed E-state index contributed by atoms with van der Waals surface area (Å²) in [6.45, 7) is 8.14. The highest BCUT2D eigenvalue weighted by Gasteiger charge is 2.29. The Hall–Kier alpha value is -3.59. The normalized spacial score (nSPS) is 18.3. The number of pyridine rings is 2. The SMILES string of the molecule is COc1ncc(Nc2ncc([C@H](C)N3CCN(CS(=O)O)C[C@@H]3C)cc2-c2nc(C)nc3nc[nH]c23)cc1F. The van der Waals surface area contributed by atoms with Gasteiger partial charge < -0.3 is 19.6 Å². The molecule has 14 heteroatoms. The lowest BCUT2D eigenvalue weighted by atomic mass is 10.0. The molecule has 0 spiro atoms. The second-order valence-electron chi connectivity index (χ2n) is 9.52. The Morgan fingerprint density at radius 1 is 1.26 bits per heavy atom. The molecule has 206 valence electrons. The first-order valence-corrected chi connectivity index (χ1v) is 13.7. The minimum Gasteiger partial charge on any atom is -0.479 e. The van der Waals surface area contributed by atoms with Crippen molar-refractivity contribution in [1.82, 2.24) is 39.7 Å². The van der Waals surface area contributed by atoms with Crippen LogP contribution in [0.1, 0.15) is 31.3 Å². The van der Waals surface area contributed by atoms with Crippen molar-refractivity contribution in [2.75, 3.05) is 37.9 Å². The zero-order chi connectivity index (χ0) is 27.7. The fraction of sp³-hybridized carbons (Fsp3) is 0.400. The summed E-state index contributed by atoms with van der Waals surface area (Å²) in [6.07, 6.45) is 4.84. The predicted molar refractivity (Wildman–Crippen MR) is 145 cm³/mol. The van der Waals surface area contributed by atoms with Gasteiger partial charge in [-0.15, -0.1) is 0 Å². The van der Waals surface area contributed by atoms with Crippen LogP contribution in [0.2, 0.25) is 0 Å². The molecule has 5 rings (SSSR count). The van der Waals surface area contributed by atoms with Crippen LogP contribution >= 0.6 is 0 Å². The fourth-order valence-corrected chi connectivity index (χ4v) is 5.54. The average Bonchev–Trinajstić information content (AvgIpc) is 3.36. The van der Waals surface area contributed by atoms with E-state index in [4.69, 9.17) is 14.7 Å². The minimum atomic E-state index is -1.86. The summed E-state index contributed by atoms with van der Waals surface area (Å²) >= 11 is -1.86. The summed E-state index contributed by atoms with van der Waals surface area (Å²) in [5.74, 6) is 0.475. The van der Waals surface area contributed by atoms with Gasteiger partial charge in [-0.05, 0) is 32.4 Å². The number of piperazine rings is 1. The van der Waals surface area contributed by atoms with E-state index in [1.54, 1.807) is 19.4 Å². The van der Waals surface area contributed by atoms with Gasteiger partial charge in [-0.2, -0.15) is 0 Å². The molecule has 12 nitrogen and oxygen atoms in total. The topological polar surface area (TPSA) is 145 Å². The smallest absolute Gasteiger partial charge is 0.250 e. The number of hydrogen-bond acceptors (Lipinski definition) is 10. The molecule has 1 unspecified atom stereocenters. The first-order chi connectivity index (χ1) is 18.7. The molecule has 1 aliphatic rings. The number of aromatic nitrogens is 6. The zero-order valence-electron chi connectivity index (χ0n) is 22.1. The number of H-pyrrole nitrogens is 1. The van der Waals surface area contributed by atoms with Crippen molar-refractivity contribution in [1.29, 1.82) is 0 Å².